The summed E-state index contributed by atoms with van der Waals surface area (Å²) < 4.78 is 36.5. The summed E-state index contributed by atoms with van der Waals surface area (Å²) in [4.78, 5) is -0.252. The van der Waals surface area contributed by atoms with Crippen molar-refractivity contribution in [3.63, 3.8) is 0 Å². The van der Waals surface area contributed by atoms with E-state index in [1.807, 2.05) is 0 Å². The van der Waals surface area contributed by atoms with Crippen LogP contribution in [-0.2, 0) is 10.0 Å². The van der Waals surface area contributed by atoms with E-state index in [-0.39, 0.29) is 16.5 Å². The second kappa shape index (κ2) is 5.76. The van der Waals surface area contributed by atoms with Gasteiger partial charge in [-0.2, -0.15) is 0 Å². The molecule has 21 heavy (non-hydrogen) atoms. The summed E-state index contributed by atoms with van der Waals surface area (Å²) in [5, 5.41) is 21.3. The van der Waals surface area contributed by atoms with Crippen LogP contribution in [0, 0.1) is 13.8 Å². The van der Waals surface area contributed by atoms with Gasteiger partial charge in [0.15, 0.2) is 5.82 Å². The molecule has 0 spiro atoms. The van der Waals surface area contributed by atoms with Crippen LogP contribution < -0.4 is 9.38 Å². The number of aromatic nitrogens is 1. The monoisotopic (exact) mass is 312 g/mol. The van der Waals surface area contributed by atoms with Gasteiger partial charge in [-0.25, -0.2) is 8.42 Å². The SMILES string of the molecule is Cc1onc(NS(=O)(=O)c2ccccc2OB(O)O)c1C. The fourth-order valence-corrected chi connectivity index (χ4v) is 2.77. The molecule has 0 aliphatic carbocycles. The van der Waals surface area contributed by atoms with Crippen LogP contribution in [0.5, 0.6) is 5.75 Å². The molecule has 3 N–H and O–H groups in total. The summed E-state index contributed by atoms with van der Waals surface area (Å²) in [5.74, 6) is 0.354. The van der Waals surface area contributed by atoms with E-state index in [0.29, 0.717) is 11.3 Å². The quantitative estimate of drug-likeness (QED) is 0.685. The molecular formula is C11H13BN2O6S. The minimum absolute atomic E-state index is 0.0619. The molecule has 112 valence electrons. The van der Waals surface area contributed by atoms with Crippen LogP contribution in [0.3, 0.4) is 0 Å². The predicted octanol–water partition coefficient (Wildman–Crippen LogP) is 0.441. The molecule has 0 fully saturated rings. The van der Waals surface area contributed by atoms with E-state index in [4.69, 9.17) is 14.6 Å². The van der Waals surface area contributed by atoms with E-state index in [2.05, 4.69) is 14.5 Å². The largest absolute Gasteiger partial charge is 0.707 e. The lowest BCUT2D eigenvalue weighted by Gasteiger charge is -2.11. The zero-order valence-corrected chi connectivity index (χ0v) is 12.1. The van der Waals surface area contributed by atoms with Crippen LogP contribution in [0.25, 0.3) is 0 Å². The highest BCUT2D eigenvalue weighted by atomic mass is 32.2. The molecule has 1 aromatic carbocycles. The lowest BCUT2D eigenvalue weighted by atomic mass is 10.2. The van der Waals surface area contributed by atoms with Gasteiger partial charge in [0.1, 0.15) is 16.4 Å². The first kappa shape index (κ1) is 15.4. The first-order valence-corrected chi connectivity index (χ1v) is 7.37. The van der Waals surface area contributed by atoms with E-state index >= 15 is 0 Å². The summed E-state index contributed by atoms with van der Waals surface area (Å²) in [5.41, 5.74) is 0.555. The topological polar surface area (TPSA) is 122 Å². The summed E-state index contributed by atoms with van der Waals surface area (Å²) in [6.45, 7) is 3.31. The molecule has 0 bridgehead atoms. The lowest BCUT2D eigenvalue weighted by molar-refractivity contribution is 0.285. The highest BCUT2D eigenvalue weighted by Crippen LogP contribution is 2.27. The molecule has 1 aromatic heterocycles. The van der Waals surface area contributed by atoms with E-state index < -0.39 is 17.3 Å². The van der Waals surface area contributed by atoms with Gasteiger partial charge in [-0.15, -0.1) is 0 Å². The second-order valence-electron chi connectivity index (χ2n) is 4.21. The lowest BCUT2D eigenvalue weighted by Crippen LogP contribution is -2.23. The standard InChI is InChI=1S/C11H13BN2O6S/c1-7-8(2)20-13-11(7)14-21(17,18)10-6-4-3-5-9(10)19-12(15)16/h3-6,15-16H,1-2H3,(H,13,14). The van der Waals surface area contributed by atoms with Crippen LogP contribution >= 0.6 is 0 Å². The summed E-state index contributed by atoms with van der Waals surface area (Å²) in [6, 6.07) is 5.55. The van der Waals surface area contributed by atoms with Crippen LogP contribution in [0.15, 0.2) is 33.7 Å². The number of anilines is 1. The first-order valence-electron chi connectivity index (χ1n) is 5.89. The zero-order chi connectivity index (χ0) is 15.6. The van der Waals surface area contributed by atoms with Gasteiger partial charge in [0.2, 0.25) is 0 Å². The summed E-state index contributed by atoms with van der Waals surface area (Å²) in [7, 11) is -6.15. The Kier molecular flexibility index (Phi) is 4.21. The Morgan fingerprint density at radius 2 is 1.95 bits per heavy atom. The average Bonchev–Trinajstić information content (AvgIpc) is 2.70. The molecule has 0 saturated carbocycles. The zero-order valence-electron chi connectivity index (χ0n) is 11.3. The van der Waals surface area contributed by atoms with Crippen LogP contribution in [0.2, 0.25) is 0 Å². The van der Waals surface area contributed by atoms with Gasteiger partial charge < -0.3 is 19.2 Å². The highest BCUT2D eigenvalue weighted by molar-refractivity contribution is 7.92. The van der Waals surface area contributed by atoms with Crippen molar-refractivity contribution >= 4 is 23.2 Å². The number of benzene rings is 1. The van der Waals surface area contributed by atoms with Gasteiger partial charge in [0.05, 0.1) is 0 Å². The Bertz CT molecular complexity index is 743. The van der Waals surface area contributed by atoms with Crippen molar-refractivity contribution < 1.29 is 27.6 Å². The third-order valence-corrected chi connectivity index (χ3v) is 4.14. The number of hydrogen-bond donors (Lipinski definition) is 3. The molecule has 0 amide bonds. The van der Waals surface area contributed by atoms with E-state index in [1.165, 1.54) is 24.3 Å². The van der Waals surface area contributed by atoms with E-state index in [1.54, 1.807) is 13.8 Å². The van der Waals surface area contributed by atoms with Crippen LogP contribution in [0.1, 0.15) is 11.3 Å². The smallest absolute Gasteiger partial charge is 0.511 e. The molecule has 2 aromatic rings. The first-order chi connectivity index (χ1) is 9.81. The fraction of sp³-hybridized carbons (Fsp3) is 0.182. The molecule has 0 aliphatic rings. The summed E-state index contributed by atoms with van der Waals surface area (Å²) in [6.07, 6.45) is 0. The Morgan fingerprint density at radius 3 is 2.52 bits per heavy atom. The third kappa shape index (κ3) is 3.35. The Balaban J connectivity index is 2.38. The minimum atomic E-state index is -4.02. The number of para-hydroxylation sites is 1. The minimum Gasteiger partial charge on any atom is -0.511 e. The van der Waals surface area contributed by atoms with E-state index in [0.717, 1.165) is 0 Å². The maximum absolute atomic E-state index is 12.3. The maximum Gasteiger partial charge on any atom is 0.707 e. The second-order valence-corrected chi connectivity index (χ2v) is 5.86. The molecule has 1 heterocycles. The number of rotatable bonds is 5. The Morgan fingerprint density at radius 1 is 1.29 bits per heavy atom. The van der Waals surface area contributed by atoms with Crippen LogP contribution in [-0.4, -0.2) is 30.9 Å². The van der Waals surface area contributed by atoms with Gasteiger partial charge in [0, 0.05) is 5.56 Å². The molecule has 0 atom stereocenters. The molecule has 2 rings (SSSR count). The van der Waals surface area contributed by atoms with Gasteiger partial charge in [-0.1, -0.05) is 17.3 Å². The van der Waals surface area contributed by atoms with Crippen molar-refractivity contribution in [3.05, 3.63) is 35.6 Å². The normalized spacial score (nSPS) is 11.2. The number of hydrogen-bond acceptors (Lipinski definition) is 7. The van der Waals surface area contributed by atoms with Gasteiger partial charge in [-0.05, 0) is 26.0 Å². The van der Waals surface area contributed by atoms with Gasteiger partial charge in [0.25, 0.3) is 10.0 Å². The Hall–Kier alpha value is -2.04. The number of aryl methyl sites for hydroxylation is 1. The molecule has 10 heteroatoms. The fourth-order valence-electron chi connectivity index (χ4n) is 1.58. The number of nitrogens with zero attached hydrogens (tertiary/aromatic N) is 1. The number of nitrogens with one attached hydrogen (secondary N) is 1. The Labute approximate surface area is 121 Å². The molecule has 0 unspecified atom stereocenters. The average molecular weight is 312 g/mol. The summed E-state index contributed by atoms with van der Waals surface area (Å²) >= 11 is 0. The van der Waals surface area contributed by atoms with Crippen molar-refractivity contribution in [2.75, 3.05) is 4.72 Å². The van der Waals surface area contributed by atoms with Crippen molar-refractivity contribution in [2.45, 2.75) is 18.7 Å². The van der Waals surface area contributed by atoms with Crippen molar-refractivity contribution in [1.82, 2.24) is 5.16 Å². The third-order valence-electron chi connectivity index (χ3n) is 2.76. The van der Waals surface area contributed by atoms with Crippen molar-refractivity contribution in [2.24, 2.45) is 0 Å². The molecule has 0 saturated heterocycles. The van der Waals surface area contributed by atoms with Crippen molar-refractivity contribution in [3.8, 4) is 5.75 Å². The van der Waals surface area contributed by atoms with Gasteiger partial charge >= 0.3 is 7.32 Å². The van der Waals surface area contributed by atoms with Gasteiger partial charge in [-0.3, -0.25) is 4.72 Å². The maximum atomic E-state index is 12.3. The molecular weight excluding hydrogens is 299 g/mol. The molecule has 0 radical (unpaired) electrons. The predicted molar refractivity (Wildman–Crippen MR) is 74.0 cm³/mol. The highest BCUT2D eigenvalue weighted by Gasteiger charge is 2.24. The number of sulfonamides is 1. The van der Waals surface area contributed by atoms with Crippen LogP contribution in [0.4, 0.5) is 5.82 Å². The molecule has 8 nitrogen and oxygen atoms in total. The van der Waals surface area contributed by atoms with Crippen molar-refractivity contribution in [1.29, 1.82) is 0 Å². The van der Waals surface area contributed by atoms with E-state index in [9.17, 15) is 8.42 Å². The molecule has 0 aliphatic heterocycles.